The zero-order chi connectivity index (χ0) is 17.3. The number of pyridine rings is 1. The average molecular weight is 351 g/mol. The van der Waals surface area contributed by atoms with Gasteiger partial charge in [-0.1, -0.05) is 0 Å². The SMILES string of the molecule is Cn1cnnc1C1CCN(S(=O)(=O)c2cccnc2C(=O)O)CC1. The predicted octanol–water partition coefficient (Wildman–Crippen LogP) is 0.477. The van der Waals surface area contributed by atoms with Gasteiger partial charge in [-0.3, -0.25) is 0 Å². The van der Waals surface area contributed by atoms with Crippen LogP contribution in [0.3, 0.4) is 0 Å². The molecule has 3 rings (SSSR count). The molecule has 0 saturated carbocycles. The van der Waals surface area contributed by atoms with Gasteiger partial charge in [0, 0.05) is 32.3 Å². The van der Waals surface area contributed by atoms with Crippen molar-refractivity contribution in [2.75, 3.05) is 13.1 Å². The van der Waals surface area contributed by atoms with Crippen molar-refractivity contribution in [3.8, 4) is 0 Å². The number of carbonyl (C=O) groups is 1. The Balaban J connectivity index is 1.81. The number of aryl methyl sites for hydroxylation is 1. The van der Waals surface area contributed by atoms with Crippen LogP contribution in [-0.4, -0.2) is 56.6 Å². The lowest BCUT2D eigenvalue weighted by Crippen LogP contribution is -2.39. The van der Waals surface area contributed by atoms with Gasteiger partial charge in [0.1, 0.15) is 17.0 Å². The number of carboxylic acid groups (broad SMARTS) is 1. The molecule has 0 radical (unpaired) electrons. The van der Waals surface area contributed by atoms with Crippen LogP contribution >= 0.6 is 0 Å². The molecule has 0 amide bonds. The monoisotopic (exact) mass is 351 g/mol. The molecule has 0 aromatic carbocycles. The first-order chi connectivity index (χ1) is 11.4. The van der Waals surface area contributed by atoms with Crippen molar-refractivity contribution in [2.24, 2.45) is 7.05 Å². The highest BCUT2D eigenvalue weighted by Gasteiger charge is 2.34. The Morgan fingerprint density at radius 1 is 1.33 bits per heavy atom. The van der Waals surface area contributed by atoms with E-state index in [1.165, 1.54) is 22.6 Å². The fraction of sp³-hybridized carbons (Fsp3) is 0.429. The van der Waals surface area contributed by atoms with Gasteiger partial charge < -0.3 is 9.67 Å². The minimum Gasteiger partial charge on any atom is -0.476 e. The smallest absolute Gasteiger partial charge is 0.355 e. The van der Waals surface area contributed by atoms with Gasteiger partial charge in [0.05, 0.1) is 0 Å². The van der Waals surface area contributed by atoms with E-state index in [4.69, 9.17) is 5.11 Å². The standard InChI is InChI=1S/C14H17N5O4S/c1-18-9-16-17-13(18)10-4-7-19(8-5-10)24(22,23)11-3-2-6-15-12(11)14(20)21/h2-3,6,9-10H,4-5,7-8H2,1H3,(H,20,21). The van der Waals surface area contributed by atoms with Crippen molar-refractivity contribution < 1.29 is 18.3 Å². The van der Waals surface area contributed by atoms with Gasteiger partial charge in [-0.2, -0.15) is 4.31 Å². The highest BCUT2D eigenvalue weighted by atomic mass is 32.2. The quantitative estimate of drug-likeness (QED) is 0.851. The van der Waals surface area contributed by atoms with Gasteiger partial charge in [0.15, 0.2) is 5.69 Å². The van der Waals surface area contributed by atoms with Crippen molar-refractivity contribution in [2.45, 2.75) is 23.7 Å². The summed E-state index contributed by atoms with van der Waals surface area (Å²) < 4.78 is 28.7. The zero-order valence-electron chi connectivity index (χ0n) is 13.0. The highest BCUT2D eigenvalue weighted by Crippen LogP contribution is 2.29. The molecule has 1 aliphatic rings. The third-order valence-corrected chi connectivity index (χ3v) is 6.09. The molecule has 2 aromatic rings. The Bertz CT molecular complexity index is 856. The number of aromatic carboxylic acids is 1. The minimum absolute atomic E-state index is 0.136. The number of nitrogens with zero attached hydrogens (tertiary/aromatic N) is 5. The molecule has 1 N–H and O–H groups in total. The first kappa shape index (κ1) is 16.5. The van der Waals surface area contributed by atoms with Crippen LogP contribution in [0.15, 0.2) is 29.6 Å². The summed E-state index contributed by atoms with van der Waals surface area (Å²) in [7, 11) is -2.04. The van der Waals surface area contributed by atoms with Crippen molar-refractivity contribution in [3.05, 3.63) is 36.2 Å². The Morgan fingerprint density at radius 3 is 2.62 bits per heavy atom. The number of sulfonamides is 1. The van der Waals surface area contributed by atoms with E-state index < -0.39 is 21.7 Å². The summed E-state index contributed by atoms with van der Waals surface area (Å²) in [5, 5.41) is 17.1. The molecular weight excluding hydrogens is 334 g/mol. The minimum atomic E-state index is -3.89. The van der Waals surface area contributed by atoms with Crippen LogP contribution in [0.25, 0.3) is 0 Å². The van der Waals surface area contributed by atoms with Gasteiger partial charge in [-0.05, 0) is 25.0 Å². The molecule has 24 heavy (non-hydrogen) atoms. The maximum absolute atomic E-state index is 12.8. The lowest BCUT2D eigenvalue weighted by Gasteiger charge is -2.30. The topological polar surface area (TPSA) is 118 Å². The van der Waals surface area contributed by atoms with Crippen LogP contribution in [0, 0.1) is 0 Å². The second kappa shape index (κ2) is 6.29. The first-order valence-electron chi connectivity index (χ1n) is 7.43. The summed E-state index contributed by atoms with van der Waals surface area (Å²) >= 11 is 0. The second-order valence-corrected chi connectivity index (χ2v) is 7.54. The van der Waals surface area contributed by atoms with Gasteiger partial charge in [0.2, 0.25) is 10.0 Å². The molecule has 2 aromatic heterocycles. The number of aromatic nitrogens is 4. The summed E-state index contributed by atoms with van der Waals surface area (Å²) in [5.41, 5.74) is -0.451. The van der Waals surface area contributed by atoms with Gasteiger partial charge in [0.25, 0.3) is 0 Å². The van der Waals surface area contributed by atoms with E-state index in [9.17, 15) is 13.2 Å². The van der Waals surface area contributed by atoms with Gasteiger partial charge in [-0.15, -0.1) is 10.2 Å². The number of carboxylic acids is 1. The average Bonchev–Trinajstić information content (AvgIpc) is 3.01. The zero-order valence-corrected chi connectivity index (χ0v) is 13.8. The maximum atomic E-state index is 12.8. The Kier molecular flexibility index (Phi) is 4.33. The number of hydrogen-bond donors (Lipinski definition) is 1. The van der Waals surface area contributed by atoms with Crippen LogP contribution in [0.1, 0.15) is 35.1 Å². The van der Waals surface area contributed by atoms with Crippen molar-refractivity contribution in [1.29, 1.82) is 0 Å². The third-order valence-electron chi connectivity index (χ3n) is 4.16. The predicted molar refractivity (Wildman–Crippen MR) is 82.9 cm³/mol. The molecule has 0 bridgehead atoms. The van der Waals surface area contributed by atoms with E-state index in [0.29, 0.717) is 25.9 Å². The van der Waals surface area contributed by atoms with E-state index in [1.54, 1.807) is 6.33 Å². The molecule has 9 nitrogen and oxygen atoms in total. The van der Waals surface area contributed by atoms with Crippen molar-refractivity contribution in [3.63, 3.8) is 0 Å². The molecule has 10 heteroatoms. The Morgan fingerprint density at radius 2 is 2.04 bits per heavy atom. The molecule has 1 fully saturated rings. The molecular formula is C14H17N5O4S. The number of hydrogen-bond acceptors (Lipinski definition) is 6. The highest BCUT2D eigenvalue weighted by molar-refractivity contribution is 7.89. The van der Waals surface area contributed by atoms with Crippen LogP contribution in [0.4, 0.5) is 0 Å². The third kappa shape index (κ3) is 2.89. The summed E-state index contributed by atoms with van der Waals surface area (Å²) in [6.45, 7) is 0.599. The van der Waals surface area contributed by atoms with E-state index in [-0.39, 0.29) is 10.8 Å². The van der Waals surface area contributed by atoms with Crippen LogP contribution in [0.5, 0.6) is 0 Å². The first-order valence-corrected chi connectivity index (χ1v) is 8.87. The Labute approximate surface area is 139 Å². The second-order valence-electron chi connectivity index (χ2n) is 5.63. The fourth-order valence-corrected chi connectivity index (χ4v) is 4.52. The fourth-order valence-electron chi connectivity index (χ4n) is 2.91. The summed E-state index contributed by atoms with van der Waals surface area (Å²) in [5.74, 6) is -0.389. The lowest BCUT2D eigenvalue weighted by atomic mass is 9.97. The molecule has 3 heterocycles. The lowest BCUT2D eigenvalue weighted by molar-refractivity contribution is 0.0685. The van der Waals surface area contributed by atoms with E-state index >= 15 is 0 Å². The molecule has 0 unspecified atom stereocenters. The van der Waals surface area contributed by atoms with Crippen molar-refractivity contribution in [1.82, 2.24) is 24.1 Å². The van der Waals surface area contributed by atoms with E-state index in [1.807, 2.05) is 11.6 Å². The van der Waals surface area contributed by atoms with E-state index in [0.717, 1.165) is 5.82 Å². The van der Waals surface area contributed by atoms with Crippen LogP contribution in [-0.2, 0) is 17.1 Å². The molecule has 1 aliphatic heterocycles. The van der Waals surface area contributed by atoms with Gasteiger partial charge in [-0.25, -0.2) is 18.2 Å². The summed E-state index contributed by atoms with van der Waals surface area (Å²) in [6, 6.07) is 2.70. The molecule has 128 valence electrons. The Hall–Kier alpha value is -2.33. The molecule has 0 spiro atoms. The maximum Gasteiger partial charge on any atom is 0.355 e. The van der Waals surface area contributed by atoms with Gasteiger partial charge >= 0.3 is 5.97 Å². The van der Waals surface area contributed by atoms with Crippen LogP contribution < -0.4 is 0 Å². The largest absolute Gasteiger partial charge is 0.476 e. The molecule has 0 atom stereocenters. The van der Waals surface area contributed by atoms with E-state index in [2.05, 4.69) is 15.2 Å². The molecule has 0 aliphatic carbocycles. The van der Waals surface area contributed by atoms with Crippen LogP contribution in [0.2, 0.25) is 0 Å². The van der Waals surface area contributed by atoms with Crippen molar-refractivity contribution >= 4 is 16.0 Å². The summed E-state index contributed by atoms with van der Waals surface area (Å²) in [4.78, 5) is 14.6. The summed E-state index contributed by atoms with van der Waals surface area (Å²) in [6.07, 6.45) is 4.10. The number of piperidine rings is 1. The number of rotatable bonds is 4. The normalized spacial score (nSPS) is 17.0. The molecule has 1 saturated heterocycles.